The summed E-state index contributed by atoms with van der Waals surface area (Å²) in [6.07, 6.45) is -0.553. The molecule has 1 atom stereocenters. The van der Waals surface area contributed by atoms with Gasteiger partial charge >= 0.3 is 5.97 Å². The van der Waals surface area contributed by atoms with Crippen molar-refractivity contribution in [1.82, 2.24) is 0 Å². The van der Waals surface area contributed by atoms with E-state index in [1.807, 2.05) is 60.7 Å². The highest BCUT2D eigenvalue weighted by atomic mass is 16.5. The Balaban J connectivity index is 2.29. The molecule has 0 bridgehead atoms. The molecule has 2 aromatic carbocycles. The molecule has 0 spiro atoms. The normalized spacial score (nSPS) is 13.0. The maximum Gasteiger partial charge on any atom is 0.326 e. The van der Waals surface area contributed by atoms with Crippen molar-refractivity contribution in [2.24, 2.45) is 5.73 Å². The van der Waals surface area contributed by atoms with Gasteiger partial charge in [0.15, 0.2) is 6.10 Å². The molecule has 0 fully saturated rings. The van der Waals surface area contributed by atoms with Gasteiger partial charge in [0.1, 0.15) is 6.04 Å². The van der Waals surface area contributed by atoms with Gasteiger partial charge in [-0.15, -0.1) is 0 Å². The van der Waals surface area contributed by atoms with Crippen LogP contribution in [0.25, 0.3) is 0 Å². The van der Waals surface area contributed by atoms with E-state index in [9.17, 15) is 9.90 Å². The summed E-state index contributed by atoms with van der Waals surface area (Å²) < 4.78 is 5.59. The second-order valence-electron chi connectivity index (χ2n) is 5.77. The first-order valence-corrected chi connectivity index (χ1v) is 7.18. The SMILES string of the molecule is CC(C)(O)[C@H](N)C(=O)OC(c1ccccc1)c1ccccc1. The van der Waals surface area contributed by atoms with E-state index >= 15 is 0 Å². The van der Waals surface area contributed by atoms with E-state index in [0.29, 0.717) is 0 Å². The van der Waals surface area contributed by atoms with Crippen LogP contribution in [0.2, 0.25) is 0 Å². The lowest BCUT2D eigenvalue weighted by molar-refractivity contribution is -0.154. The Kier molecular flexibility index (Phi) is 4.96. The molecular formula is C18H21NO3. The molecule has 4 nitrogen and oxygen atoms in total. The molecule has 0 aliphatic rings. The molecule has 0 unspecified atom stereocenters. The Hall–Kier alpha value is -2.17. The number of nitrogens with two attached hydrogens (primary N) is 1. The lowest BCUT2D eigenvalue weighted by atomic mass is 9.99. The fraction of sp³-hybridized carbons (Fsp3) is 0.278. The van der Waals surface area contributed by atoms with Crippen molar-refractivity contribution >= 4 is 5.97 Å². The quantitative estimate of drug-likeness (QED) is 0.832. The van der Waals surface area contributed by atoms with Crippen molar-refractivity contribution in [2.75, 3.05) is 0 Å². The van der Waals surface area contributed by atoms with Gasteiger partial charge in [0.2, 0.25) is 0 Å². The fourth-order valence-corrected chi connectivity index (χ4v) is 2.06. The number of benzene rings is 2. The van der Waals surface area contributed by atoms with Crippen LogP contribution in [0.3, 0.4) is 0 Å². The van der Waals surface area contributed by atoms with Crippen molar-refractivity contribution < 1.29 is 14.6 Å². The van der Waals surface area contributed by atoms with Crippen LogP contribution in [0.1, 0.15) is 31.1 Å². The number of rotatable bonds is 5. The van der Waals surface area contributed by atoms with Crippen molar-refractivity contribution in [3.8, 4) is 0 Å². The first-order chi connectivity index (χ1) is 10.4. The molecule has 0 saturated carbocycles. The lowest BCUT2D eigenvalue weighted by Crippen LogP contribution is -2.49. The third-order valence-corrected chi connectivity index (χ3v) is 3.45. The van der Waals surface area contributed by atoms with Gasteiger partial charge in [0.05, 0.1) is 5.60 Å². The highest BCUT2D eigenvalue weighted by molar-refractivity contribution is 5.77. The van der Waals surface area contributed by atoms with E-state index in [0.717, 1.165) is 11.1 Å². The molecule has 0 radical (unpaired) electrons. The maximum atomic E-state index is 12.2. The van der Waals surface area contributed by atoms with E-state index in [2.05, 4.69) is 0 Å². The average Bonchev–Trinajstić information content (AvgIpc) is 2.52. The first-order valence-electron chi connectivity index (χ1n) is 7.18. The van der Waals surface area contributed by atoms with Crippen molar-refractivity contribution in [1.29, 1.82) is 0 Å². The van der Waals surface area contributed by atoms with Gasteiger partial charge < -0.3 is 15.6 Å². The summed E-state index contributed by atoms with van der Waals surface area (Å²) in [5.74, 6) is -0.634. The Labute approximate surface area is 130 Å². The van der Waals surface area contributed by atoms with Crippen LogP contribution in [0.5, 0.6) is 0 Å². The smallest absolute Gasteiger partial charge is 0.326 e. The zero-order chi connectivity index (χ0) is 16.2. The van der Waals surface area contributed by atoms with E-state index < -0.39 is 23.7 Å². The number of esters is 1. The van der Waals surface area contributed by atoms with Gasteiger partial charge in [0, 0.05) is 0 Å². The van der Waals surface area contributed by atoms with Crippen LogP contribution in [-0.2, 0) is 9.53 Å². The number of carbonyl (C=O) groups excluding carboxylic acids is 1. The first kappa shape index (κ1) is 16.2. The lowest BCUT2D eigenvalue weighted by Gasteiger charge is -2.27. The van der Waals surface area contributed by atoms with E-state index in [-0.39, 0.29) is 0 Å². The van der Waals surface area contributed by atoms with Crippen molar-refractivity contribution in [3.63, 3.8) is 0 Å². The van der Waals surface area contributed by atoms with Gasteiger partial charge in [0.25, 0.3) is 0 Å². The third kappa shape index (κ3) is 3.93. The highest BCUT2D eigenvalue weighted by Crippen LogP contribution is 2.26. The maximum absolute atomic E-state index is 12.2. The second kappa shape index (κ2) is 6.73. The predicted octanol–water partition coefficient (Wildman–Crippen LogP) is 2.42. The number of hydrogen-bond acceptors (Lipinski definition) is 4. The Bertz CT molecular complexity index is 566. The topological polar surface area (TPSA) is 72.5 Å². The largest absolute Gasteiger partial charge is 0.451 e. The molecule has 22 heavy (non-hydrogen) atoms. The van der Waals surface area contributed by atoms with Crippen LogP contribution in [0.15, 0.2) is 60.7 Å². The minimum atomic E-state index is -1.34. The van der Waals surface area contributed by atoms with Crippen LogP contribution in [0.4, 0.5) is 0 Å². The average molecular weight is 299 g/mol. The van der Waals surface area contributed by atoms with Gasteiger partial charge in [-0.3, -0.25) is 4.79 Å². The summed E-state index contributed by atoms with van der Waals surface area (Å²) in [6.45, 7) is 2.97. The molecule has 0 heterocycles. The number of aliphatic hydroxyl groups is 1. The zero-order valence-electron chi connectivity index (χ0n) is 12.8. The highest BCUT2D eigenvalue weighted by Gasteiger charge is 2.33. The van der Waals surface area contributed by atoms with Gasteiger partial charge in [-0.2, -0.15) is 0 Å². The second-order valence-corrected chi connectivity index (χ2v) is 5.77. The number of carbonyl (C=O) groups is 1. The molecule has 0 aromatic heterocycles. The van der Waals surface area contributed by atoms with E-state index in [1.54, 1.807) is 0 Å². The van der Waals surface area contributed by atoms with E-state index in [1.165, 1.54) is 13.8 Å². The van der Waals surface area contributed by atoms with Gasteiger partial charge in [-0.25, -0.2) is 0 Å². The number of ether oxygens (including phenoxy) is 1. The molecular weight excluding hydrogens is 278 g/mol. The summed E-state index contributed by atoms with van der Waals surface area (Å²) >= 11 is 0. The summed E-state index contributed by atoms with van der Waals surface area (Å²) in [4.78, 5) is 12.2. The predicted molar refractivity (Wildman–Crippen MR) is 85.1 cm³/mol. The Morgan fingerprint density at radius 2 is 1.41 bits per heavy atom. The summed E-state index contributed by atoms with van der Waals surface area (Å²) in [7, 11) is 0. The summed E-state index contributed by atoms with van der Waals surface area (Å²) in [5, 5.41) is 9.88. The van der Waals surface area contributed by atoms with Crippen LogP contribution in [0, 0.1) is 0 Å². The fourth-order valence-electron chi connectivity index (χ4n) is 2.06. The van der Waals surface area contributed by atoms with Crippen molar-refractivity contribution in [2.45, 2.75) is 31.6 Å². The van der Waals surface area contributed by atoms with Gasteiger partial charge in [-0.1, -0.05) is 60.7 Å². The monoisotopic (exact) mass is 299 g/mol. The number of hydrogen-bond donors (Lipinski definition) is 2. The molecule has 3 N–H and O–H groups in total. The molecule has 2 rings (SSSR count). The van der Waals surface area contributed by atoms with Crippen molar-refractivity contribution in [3.05, 3.63) is 71.8 Å². The minimum Gasteiger partial charge on any atom is -0.451 e. The summed E-state index contributed by atoms with van der Waals surface area (Å²) in [5.41, 5.74) is 6.14. The Morgan fingerprint density at radius 1 is 1.00 bits per heavy atom. The van der Waals surface area contributed by atoms with Crippen LogP contribution < -0.4 is 5.73 Å². The molecule has 2 aromatic rings. The molecule has 0 amide bonds. The molecule has 0 saturated heterocycles. The zero-order valence-corrected chi connectivity index (χ0v) is 12.8. The van der Waals surface area contributed by atoms with Crippen LogP contribution >= 0.6 is 0 Å². The molecule has 0 aliphatic carbocycles. The van der Waals surface area contributed by atoms with E-state index in [4.69, 9.17) is 10.5 Å². The molecule has 0 aliphatic heterocycles. The molecule has 4 heteroatoms. The standard InChI is InChI=1S/C18H21NO3/c1-18(2,21)16(19)17(20)22-15(13-9-5-3-6-10-13)14-11-7-4-8-12-14/h3-12,15-16,21H,19H2,1-2H3/t16-/m1/s1. The summed E-state index contributed by atoms with van der Waals surface area (Å²) in [6, 6.07) is 17.8. The van der Waals surface area contributed by atoms with Gasteiger partial charge in [-0.05, 0) is 25.0 Å². The minimum absolute atomic E-state index is 0.553. The van der Waals surface area contributed by atoms with Crippen LogP contribution in [-0.4, -0.2) is 22.7 Å². The third-order valence-electron chi connectivity index (χ3n) is 3.45. The molecule has 116 valence electrons. The Morgan fingerprint density at radius 3 is 1.77 bits per heavy atom.